The second kappa shape index (κ2) is 9.48. The van der Waals surface area contributed by atoms with Gasteiger partial charge in [0, 0.05) is 42.1 Å². The molecule has 2 aromatic carbocycles. The molecule has 182 valence electrons. The zero-order valence-electron chi connectivity index (χ0n) is 20.0. The van der Waals surface area contributed by atoms with Crippen molar-refractivity contribution in [2.75, 3.05) is 11.9 Å². The Labute approximate surface area is 217 Å². The van der Waals surface area contributed by atoms with E-state index >= 15 is 0 Å². The Hall–Kier alpha value is -4.56. The van der Waals surface area contributed by atoms with E-state index in [1.54, 1.807) is 22.9 Å². The average Bonchev–Trinajstić information content (AvgIpc) is 3.33. The van der Waals surface area contributed by atoms with Crippen molar-refractivity contribution in [3.05, 3.63) is 118 Å². The molecular formula is C28H22ClN7O. The highest BCUT2D eigenvalue weighted by Crippen LogP contribution is 2.29. The fourth-order valence-electron chi connectivity index (χ4n) is 4.34. The van der Waals surface area contributed by atoms with Crippen LogP contribution < -0.4 is 10.5 Å². The number of nitrogens with zero attached hydrogens (tertiary/aromatic N) is 7. The molecule has 0 radical (unpaired) electrons. The molecule has 0 aliphatic carbocycles. The van der Waals surface area contributed by atoms with Crippen LogP contribution in [0.1, 0.15) is 11.1 Å². The first kappa shape index (κ1) is 22.9. The second-order valence-corrected chi connectivity index (χ2v) is 9.27. The standard InChI is InChI=1S/C28H22ClN7O/c1-34(25-13-22-12-23(29)10-9-21(22)14-30-25)28-24-17-36(33-27(24)31-18-32-28)16-20-7-5-19(6-8-20)15-35-11-3-2-4-26(35)37/h2-14,17-18H,15-16H2,1H3. The minimum absolute atomic E-state index is 0.0145. The maximum absolute atomic E-state index is 12.0. The lowest BCUT2D eigenvalue weighted by atomic mass is 10.1. The summed E-state index contributed by atoms with van der Waals surface area (Å²) in [6.07, 6.45) is 7.10. The molecule has 0 spiro atoms. The van der Waals surface area contributed by atoms with Gasteiger partial charge in [-0.25, -0.2) is 15.0 Å². The first-order chi connectivity index (χ1) is 18.0. The Morgan fingerprint density at radius 3 is 2.51 bits per heavy atom. The van der Waals surface area contributed by atoms with E-state index in [-0.39, 0.29) is 5.56 Å². The lowest BCUT2D eigenvalue weighted by molar-refractivity contribution is 0.692. The van der Waals surface area contributed by atoms with Crippen LogP contribution in [0.25, 0.3) is 21.8 Å². The normalized spacial score (nSPS) is 11.3. The molecule has 6 aromatic rings. The van der Waals surface area contributed by atoms with Gasteiger partial charge < -0.3 is 9.47 Å². The van der Waals surface area contributed by atoms with Gasteiger partial charge in [-0.1, -0.05) is 48.0 Å². The molecule has 9 heteroatoms. The third-order valence-electron chi connectivity index (χ3n) is 6.29. The Bertz CT molecular complexity index is 1790. The predicted molar refractivity (Wildman–Crippen MR) is 145 cm³/mol. The van der Waals surface area contributed by atoms with E-state index in [2.05, 4.69) is 32.2 Å². The lowest BCUT2D eigenvalue weighted by Gasteiger charge is -2.18. The highest BCUT2D eigenvalue weighted by molar-refractivity contribution is 6.31. The van der Waals surface area contributed by atoms with Crippen LogP contribution in [0, 0.1) is 0 Å². The second-order valence-electron chi connectivity index (χ2n) is 8.84. The van der Waals surface area contributed by atoms with E-state index in [0.29, 0.717) is 29.6 Å². The monoisotopic (exact) mass is 507 g/mol. The van der Waals surface area contributed by atoms with Crippen molar-refractivity contribution in [3.8, 4) is 0 Å². The van der Waals surface area contributed by atoms with Gasteiger partial charge in [0.05, 0.1) is 18.5 Å². The molecule has 0 bridgehead atoms. The molecule has 6 rings (SSSR count). The van der Waals surface area contributed by atoms with Crippen molar-refractivity contribution in [1.82, 2.24) is 29.3 Å². The van der Waals surface area contributed by atoms with E-state index in [4.69, 9.17) is 11.6 Å². The van der Waals surface area contributed by atoms with Crippen molar-refractivity contribution in [1.29, 1.82) is 0 Å². The molecule has 8 nitrogen and oxygen atoms in total. The summed E-state index contributed by atoms with van der Waals surface area (Å²) >= 11 is 6.19. The van der Waals surface area contributed by atoms with E-state index in [1.165, 1.54) is 6.33 Å². The summed E-state index contributed by atoms with van der Waals surface area (Å²) in [6.45, 7) is 1.11. The number of pyridine rings is 2. The summed E-state index contributed by atoms with van der Waals surface area (Å²) in [6, 6.07) is 21.1. The van der Waals surface area contributed by atoms with Gasteiger partial charge in [0.2, 0.25) is 0 Å². The average molecular weight is 508 g/mol. The first-order valence-electron chi connectivity index (χ1n) is 11.7. The van der Waals surface area contributed by atoms with Crippen molar-refractivity contribution < 1.29 is 0 Å². The summed E-state index contributed by atoms with van der Waals surface area (Å²) in [5.74, 6) is 1.46. The molecular weight excluding hydrogens is 486 g/mol. The predicted octanol–water partition coefficient (Wildman–Crippen LogP) is 5.05. The van der Waals surface area contributed by atoms with E-state index in [0.717, 1.165) is 33.1 Å². The van der Waals surface area contributed by atoms with Crippen LogP contribution in [0.5, 0.6) is 0 Å². The van der Waals surface area contributed by atoms with Gasteiger partial charge in [0.15, 0.2) is 5.65 Å². The van der Waals surface area contributed by atoms with E-state index in [1.807, 2.05) is 71.5 Å². The number of aromatic nitrogens is 6. The largest absolute Gasteiger partial charge is 0.313 e. The maximum atomic E-state index is 12.0. The zero-order valence-corrected chi connectivity index (χ0v) is 20.7. The smallest absolute Gasteiger partial charge is 0.250 e. The van der Waals surface area contributed by atoms with Crippen molar-refractivity contribution in [2.45, 2.75) is 13.1 Å². The molecule has 0 unspecified atom stereocenters. The molecule has 0 atom stereocenters. The van der Waals surface area contributed by atoms with Gasteiger partial charge in [-0.3, -0.25) is 9.48 Å². The summed E-state index contributed by atoms with van der Waals surface area (Å²) in [7, 11) is 1.93. The minimum Gasteiger partial charge on any atom is -0.313 e. The molecule has 4 heterocycles. The molecule has 0 aliphatic heterocycles. The van der Waals surface area contributed by atoms with Gasteiger partial charge in [-0.15, -0.1) is 0 Å². The molecule has 0 aliphatic rings. The van der Waals surface area contributed by atoms with Crippen LogP contribution in [0.4, 0.5) is 11.6 Å². The Morgan fingerprint density at radius 2 is 1.70 bits per heavy atom. The van der Waals surface area contributed by atoms with Crippen LogP contribution in [0.2, 0.25) is 5.02 Å². The summed E-state index contributed by atoms with van der Waals surface area (Å²) in [4.78, 5) is 27.4. The van der Waals surface area contributed by atoms with Crippen molar-refractivity contribution >= 4 is 45.0 Å². The van der Waals surface area contributed by atoms with E-state index < -0.39 is 0 Å². The number of benzene rings is 2. The summed E-state index contributed by atoms with van der Waals surface area (Å²) in [5, 5.41) is 8.20. The fourth-order valence-corrected chi connectivity index (χ4v) is 4.52. The highest BCUT2D eigenvalue weighted by atomic mass is 35.5. The molecule has 0 N–H and O–H groups in total. The van der Waals surface area contributed by atoms with Gasteiger partial charge in [-0.2, -0.15) is 5.10 Å². The number of hydrogen-bond acceptors (Lipinski definition) is 6. The van der Waals surface area contributed by atoms with Crippen LogP contribution in [-0.2, 0) is 13.1 Å². The number of anilines is 2. The third kappa shape index (κ3) is 4.66. The van der Waals surface area contributed by atoms with Gasteiger partial charge in [-0.05, 0) is 40.8 Å². The Balaban J connectivity index is 1.25. The van der Waals surface area contributed by atoms with Crippen molar-refractivity contribution in [3.63, 3.8) is 0 Å². The zero-order chi connectivity index (χ0) is 25.4. The minimum atomic E-state index is -0.0145. The first-order valence-corrected chi connectivity index (χ1v) is 12.1. The van der Waals surface area contributed by atoms with Crippen LogP contribution in [0.15, 0.2) is 96.4 Å². The fraction of sp³-hybridized carbons (Fsp3) is 0.107. The van der Waals surface area contributed by atoms with Crippen LogP contribution in [0.3, 0.4) is 0 Å². The quantitative estimate of drug-likeness (QED) is 0.313. The summed E-state index contributed by atoms with van der Waals surface area (Å²) < 4.78 is 3.55. The van der Waals surface area contributed by atoms with Crippen LogP contribution in [-0.4, -0.2) is 36.3 Å². The SMILES string of the molecule is CN(c1cc2cc(Cl)ccc2cn1)c1ncnc2nn(Cc3ccc(Cn4ccccc4=O)cc3)cc12. The Morgan fingerprint density at radius 1 is 0.892 bits per heavy atom. The molecule has 0 fully saturated rings. The molecule has 4 aromatic heterocycles. The van der Waals surface area contributed by atoms with Crippen molar-refractivity contribution in [2.24, 2.45) is 0 Å². The van der Waals surface area contributed by atoms with E-state index in [9.17, 15) is 4.79 Å². The maximum Gasteiger partial charge on any atom is 0.250 e. The lowest BCUT2D eigenvalue weighted by Crippen LogP contribution is -2.18. The topological polar surface area (TPSA) is 81.7 Å². The number of fused-ring (bicyclic) bond motifs is 2. The molecule has 0 saturated carbocycles. The van der Waals surface area contributed by atoms with Gasteiger partial charge in [0.25, 0.3) is 5.56 Å². The molecule has 0 amide bonds. The molecule has 37 heavy (non-hydrogen) atoms. The number of rotatable bonds is 6. The summed E-state index contributed by atoms with van der Waals surface area (Å²) in [5.41, 5.74) is 2.75. The van der Waals surface area contributed by atoms with Gasteiger partial charge >= 0.3 is 0 Å². The number of hydrogen-bond donors (Lipinski definition) is 0. The van der Waals surface area contributed by atoms with Gasteiger partial charge in [0.1, 0.15) is 18.0 Å². The third-order valence-corrected chi connectivity index (χ3v) is 6.53. The number of halogens is 1. The molecule has 0 saturated heterocycles. The Kier molecular flexibility index (Phi) is 5.86. The van der Waals surface area contributed by atoms with Crippen LogP contribution >= 0.6 is 11.6 Å². The highest BCUT2D eigenvalue weighted by Gasteiger charge is 2.15.